The molecule has 0 saturated carbocycles. The van der Waals surface area contributed by atoms with E-state index in [1.54, 1.807) is 12.1 Å². The maximum Gasteiger partial charge on any atom is 0.241 e. The number of rotatable bonds is 9. The zero-order chi connectivity index (χ0) is 19.9. The molecule has 1 aliphatic rings. The van der Waals surface area contributed by atoms with Crippen molar-refractivity contribution in [2.75, 3.05) is 46.4 Å². The molecule has 3 N–H and O–H groups in total. The van der Waals surface area contributed by atoms with Gasteiger partial charge in [0.15, 0.2) is 0 Å². The summed E-state index contributed by atoms with van der Waals surface area (Å²) in [6.45, 7) is 8.68. The van der Waals surface area contributed by atoms with E-state index in [-0.39, 0.29) is 29.1 Å². The van der Waals surface area contributed by atoms with Crippen LogP contribution in [-0.2, 0) is 14.8 Å². The van der Waals surface area contributed by atoms with Gasteiger partial charge in [0.25, 0.3) is 0 Å². The zero-order valence-corrected chi connectivity index (χ0v) is 18.2. The van der Waals surface area contributed by atoms with E-state index in [2.05, 4.69) is 20.3 Å². The Hall–Kier alpha value is -1.39. The number of amides is 1. The molecule has 0 spiro atoms. The smallest absolute Gasteiger partial charge is 0.241 e. The maximum atomic E-state index is 12.6. The first-order valence-corrected chi connectivity index (χ1v) is 10.7. The highest BCUT2D eigenvalue weighted by Crippen LogP contribution is 2.16. The minimum Gasteiger partial charge on any atom is -0.497 e. The van der Waals surface area contributed by atoms with E-state index in [1.165, 1.54) is 19.2 Å². The van der Waals surface area contributed by atoms with Gasteiger partial charge in [0.1, 0.15) is 11.8 Å². The molecule has 1 aliphatic heterocycles. The van der Waals surface area contributed by atoms with E-state index in [4.69, 9.17) is 4.74 Å². The molecule has 160 valence electrons. The van der Waals surface area contributed by atoms with Crippen molar-refractivity contribution in [3.8, 4) is 5.75 Å². The fourth-order valence-electron chi connectivity index (χ4n) is 2.86. The highest BCUT2D eigenvalue weighted by molar-refractivity contribution is 7.89. The topological polar surface area (TPSA) is 99.8 Å². The molecule has 2 rings (SSSR count). The highest BCUT2D eigenvalue weighted by atomic mass is 35.5. The second kappa shape index (κ2) is 11.6. The second-order valence-electron chi connectivity index (χ2n) is 6.90. The summed E-state index contributed by atoms with van der Waals surface area (Å²) in [5.41, 5.74) is 0. The standard InChI is InChI=1S/C18H30N4O4S.ClH/c1-14(2)17(18(23)20-10-13-22-11-8-19-9-12-22)21-27(24,25)16-6-4-15(26-3)5-7-16;/h4-7,14,17,19,21H,8-13H2,1-3H3,(H,20,23);1H. The Bertz CT molecular complexity index is 707. The molecule has 1 fully saturated rings. The summed E-state index contributed by atoms with van der Waals surface area (Å²) in [4.78, 5) is 14.9. The van der Waals surface area contributed by atoms with Gasteiger partial charge in [0.2, 0.25) is 15.9 Å². The van der Waals surface area contributed by atoms with Crippen molar-refractivity contribution in [2.24, 2.45) is 5.92 Å². The summed E-state index contributed by atoms with van der Waals surface area (Å²) in [7, 11) is -2.29. The van der Waals surface area contributed by atoms with Gasteiger partial charge in [-0.25, -0.2) is 8.42 Å². The number of benzene rings is 1. The van der Waals surface area contributed by atoms with Crippen LogP contribution < -0.4 is 20.1 Å². The van der Waals surface area contributed by atoms with Crippen LogP contribution in [-0.4, -0.2) is 71.6 Å². The first kappa shape index (κ1) is 24.6. The van der Waals surface area contributed by atoms with Gasteiger partial charge in [-0.3, -0.25) is 9.69 Å². The van der Waals surface area contributed by atoms with Crippen LogP contribution in [0.2, 0.25) is 0 Å². The molecule has 0 bridgehead atoms. The third-order valence-electron chi connectivity index (χ3n) is 4.54. The molecule has 10 heteroatoms. The first-order chi connectivity index (χ1) is 12.8. The van der Waals surface area contributed by atoms with E-state index in [0.717, 1.165) is 32.7 Å². The van der Waals surface area contributed by atoms with Gasteiger partial charge in [0.05, 0.1) is 12.0 Å². The van der Waals surface area contributed by atoms with Gasteiger partial charge in [0, 0.05) is 39.3 Å². The van der Waals surface area contributed by atoms with Crippen molar-refractivity contribution in [1.82, 2.24) is 20.3 Å². The molecule has 1 saturated heterocycles. The lowest BCUT2D eigenvalue weighted by Gasteiger charge is -2.28. The number of piperazine rings is 1. The van der Waals surface area contributed by atoms with Crippen molar-refractivity contribution in [2.45, 2.75) is 24.8 Å². The predicted octanol–water partition coefficient (Wildman–Crippen LogP) is 0.441. The quantitative estimate of drug-likeness (QED) is 0.521. The van der Waals surface area contributed by atoms with Crippen LogP contribution in [0.4, 0.5) is 0 Å². The van der Waals surface area contributed by atoms with Crippen LogP contribution in [0.1, 0.15) is 13.8 Å². The van der Waals surface area contributed by atoms with E-state index < -0.39 is 16.1 Å². The van der Waals surface area contributed by atoms with Gasteiger partial charge in [-0.05, 0) is 30.2 Å². The SMILES string of the molecule is COc1ccc(S(=O)(=O)NC(C(=O)NCCN2CCNCC2)C(C)C)cc1.Cl. The Kier molecular flexibility index (Phi) is 10.2. The van der Waals surface area contributed by atoms with Gasteiger partial charge in [-0.2, -0.15) is 4.72 Å². The van der Waals surface area contributed by atoms with Crippen LogP contribution in [0.15, 0.2) is 29.2 Å². The molecular weight excluding hydrogens is 404 g/mol. The Balaban J connectivity index is 0.00000392. The third-order valence-corrected chi connectivity index (χ3v) is 5.99. The zero-order valence-electron chi connectivity index (χ0n) is 16.6. The van der Waals surface area contributed by atoms with E-state index in [0.29, 0.717) is 12.3 Å². The summed E-state index contributed by atoms with van der Waals surface area (Å²) in [5, 5.41) is 6.14. The van der Waals surface area contributed by atoms with Crippen LogP contribution in [0.5, 0.6) is 5.75 Å². The van der Waals surface area contributed by atoms with Crippen LogP contribution in [0, 0.1) is 5.92 Å². The van der Waals surface area contributed by atoms with Crippen molar-refractivity contribution in [1.29, 1.82) is 0 Å². The molecule has 8 nitrogen and oxygen atoms in total. The molecule has 1 aromatic rings. The second-order valence-corrected chi connectivity index (χ2v) is 8.62. The Labute approximate surface area is 173 Å². The lowest BCUT2D eigenvalue weighted by Crippen LogP contribution is -2.51. The molecule has 0 aromatic heterocycles. The van der Waals surface area contributed by atoms with Crippen LogP contribution in [0.25, 0.3) is 0 Å². The molecule has 28 heavy (non-hydrogen) atoms. The minimum absolute atomic E-state index is 0. The summed E-state index contributed by atoms with van der Waals surface area (Å²) < 4.78 is 32.8. The highest BCUT2D eigenvalue weighted by Gasteiger charge is 2.28. The van der Waals surface area contributed by atoms with Crippen molar-refractivity contribution in [3.05, 3.63) is 24.3 Å². The number of nitrogens with zero attached hydrogens (tertiary/aromatic N) is 1. The van der Waals surface area contributed by atoms with Crippen molar-refractivity contribution < 1.29 is 17.9 Å². The number of halogens is 1. The van der Waals surface area contributed by atoms with E-state index in [1.807, 2.05) is 13.8 Å². The maximum absolute atomic E-state index is 12.6. The van der Waals surface area contributed by atoms with Crippen LogP contribution >= 0.6 is 12.4 Å². The number of carbonyl (C=O) groups excluding carboxylic acids is 1. The molecule has 0 aliphatic carbocycles. The minimum atomic E-state index is -3.81. The molecular formula is C18H31ClN4O4S. The Morgan fingerprint density at radius 1 is 1.21 bits per heavy atom. The molecule has 1 amide bonds. The number of sulfonamides is 1. The third kappa shape index (κ3) is 7.21. The molecule has 1 atom stereocenters. The van der Waals surface area contributed by atoms with Crippen molar-refractivity contribution in [3.63, 3.8) is 0 Å². The number of nitrogens with one attached hydrogen (secondary N) is 3. The molecule has 1 aromatic carbocycles. The largest absolute Gasteiger partial charge is 0.497 e. The fraction of sp³-hybridized carbons (Fsp3) is 0.611. The van der Waals surface area contributed by atoms with Gasteiger partial charge in [-0.1, -0.05) is 13.8 Å². The normalized spacial score (nSPS) is 16.3. The summed E-state index contributed by atoms with van der Waals surface area (Å²) in [6, 6.07) is 5.24. The Morgan fingerprint density at radius 3 is 2.36 bits per heavy atom. The fourth-order valence-corrected chi connectivity index (χ4v) is 4.21. The number of methoxy groups -OCH3 is 1. The number of hydrogen-bond acceptors (Lipinski definition) is 6. The molecule has 1 heterocycles. The first-order valence-electron chi connectivity index (χ1n) is 9.20. The number of hydrogen-bond donors (Lipinski definition) is 3. The van der Waals surface area contributed by atoms with E-state index in [9.17, 15) is 13.2 Å². The predicted molar refractivity (Wildman–Crippen MR) is 112 cm³/mol. The molecule has 0 radical (unpaired) electrons. The number of ether oxygens (including phenoxy) is 1. The average molecular weight is 435 g/mol. The monoisotopic (exact) mass is 434 g/mol. The van der Waals surface area contributed by atoms with Gasteiger partial charge >= 0.3 is 0 Å². The van der Waals surface area contributed by atoms with Crippen molar-refractivity contribution >= 4 is 28.3 Å². The van der Waals surface area contributed by atoms with Gasteiger partial charge < -0.3 is 15.4 Å². The van der Waals surface area contributed by atoms with Crippen LogP contribution in [0.3, 0.4) is 0 Å². The lowest BCUT2D eigenvalue weighted by atomic mass is 10.1. The average Bonchev–Trinajstić information content (AvgIpc) is 2.66. The molecule has 1 unspecified atom stereocenters. The Morgan fingerprint density at radius 2 is 1.82 bits per heavy atom. The summed E-state index contributed by atoms with van der Waals surface area (Å²) >= 11 is 0. The van der Waals surface area contributed by atoms with E-state index >= 15 is 0 Å². The van der Waals surface area contributed by atoms with Gasteiger partial charge in [-0.15, -0.1) is 12.4 Å². The summed E-state index contributed by atoms with van der Waals surface area (Å²) in [6.07, 6.45) is 0. The summed E-state index contributed by atoms with van der Waals surface area (Å²) in [5.74, 6) is 0.0782. The number of carbonyl (C=O) groups is 1. The lowest BCUT2D eigenvalue weighted by molar-refractivity contribution is -0.123.